The molecule has 4 fully saturated rings. The molecule has 2 heteroatoms. The molecule has 0 amide bonds. The van der Waals surface area contributed by atoms with Gasteiger partial charge in [0.1, 0.15) is 0 Å². The quantitative estimate of drug-likeness (QED) is 0.686. The summed E-state index contributed by atoms with van der Waals surface area (Å²) in [7, 11) is 0. The van der Waals surface area contributed by atoms with E-state index in [1.54, 1.807) is 0 Å². The highest BCUT2D eigenvalue weighted by Gasteiger charge is 2.62. The molecule has 0 spiro atoms. The molecule has 4 saturated carbocycles. The monoisotopic (exact) mass is 348 g/mol. The molecular weight excluding hydrogens is 308 g/mol. The summed E-state index contributed by atoms with van der Waals surface area (Å²) >= 11 is 0. The lowest BCUT2D eigenvalue weighted by molar-refractivity contribution is -0.155. The Morgan fingerprint density at radius 3 is 2.16 bits per heavy atom. The number of fused-ring (bicyclic) bond motifs is 5. The van der Waals surface area contributed by atoms with Crippen LogP contribution < -0.4 is 0 Å². The average Bonchev–Trinajstić information content (AvgIpc) is 2.85. The van der Waals surface area contributed by atoms with E-state index in [0.717, 1.165) is 30.6 Å². The normalized spacial score (nSPS) is 56.0. The largest absolute Gasteiger partial charge is 0.390 e. The van der Waals surface area contributed by atoms with Gasteiger partial charge in [0.05, 0.1) is 11.2 Å². The highest BCUT2D eigenvalue weighted by molar-refractivity contribution is 5.11. The van der Waals surface area contributed by atoms with Crippen LogP contribution in [0.1, 0.15) is 92.4 Å². The molecule has 0 radical (unpaired) electrons. The van der Waals surface area contributed by atoms with Crippen LogP contribution in [0.2, 0.25) is 0 Å². The molecule has 0 bridgehead atoms. The Bertz CT molecular complexity index is 533. The van der Waals surface area contributed by atoms with Gasteiger partial charge in [0.2, 0.25) is 0 Å². The Morgan fingerprint density at radius 2 is 1.48 bits per heavy atom. The van der Waals surface area contributed by atoms with Gasteiger partial charge in [-0.25, -0.2) is 0 Å². The van der Waals surface area contributed by atoms with Gasteiger partial charge in [0.25, 0.3) is 0 Å². The summed E-state index contributed by atoms with van der Waals surface area (Å²) in [5.41, 5.74) is -0.192. The van der Waals surface area contributed by atoms with Crippen molar-refractivity contribution >= 4 is 0 Å². The summed E-state index contributed by atoms with van der Waals surface area (Å²) in [5.74, 6) is 3.69. The van der Waals surface area contributed by atoms with E-state index in [2.05, 4.69) is 20.8 Å². The minimum absolute atomic E-state index is 0.336. The summed E-state index contributed by atoms with van der Waals surface area (Å²) in [6.07, 6.45) is 11.1. The molecule has 2 nitrogen and oxygen atoms in total. The minimum Gasteiger partial charge on any atom is -0.390 e. The van der Waals surface area contributed by atoms with Gasteiger partial charge in [0.15, 0.2) is 0 Å². The Morgan fingerprint density at radius 1 is 0.800 bits per heavy atom. The molecule has 0 aromatic rings. The van der Waals surface area contributed by atoms with Crippen LogP contribution in [0, 0.1) is 40.4 Å². The summed E-state index contributed by atoms with van der Waals surface area (Å²) in [5, 5.41) is 21.4. The van der Waals surface area contributed by atoms with E-state index in [1.165, 1.54) is 44.9 Å². The van der Waals surface area contributed by atoms with Gasteiger partial charge in [-0.1, -0.05) is 13.8 Å². The highest BCUT2D eigenvalue weighted by atomic mass is 16.3. The SMILES string of the molecule is CC(C)(O)[C@H]1CC[C@H]2[C@@H]3CC[C@H]4C[C@](C)(O)CC[C@]4(C)[C@H]3CC[C@]12C. The maximum Gasteiger partial charge on any atom is 0.0625 e. The van der Waals surface area contributed by atoms with E-state index in [0.29, 0.717) is 22.7 Å². The lowest BCUT2D eigenvalue weighted by Crippen LogP contribution is -2.56. The second-order valence-corrected chi connectivity index (χ2v) is 11.7. The summed E-state index contributed by atoms with van der Waals surface area (Å²) in [6.45, 7) is 11.2. The van der Waals surface area contributed by atoms with E-state index in [4.69, 9.17) is 0 Å². The van der Waals surface area contributed by atoms with Crippen molar-refractivity contribution in [3.8, 4) is 0 Å². The Kier molecular flexibility index (Phi) is 4.00. The van der Waals surface area contributed by atoms with E-state index in [1.807, 2.05) is 13.8 Å². The van der Waals surface area contributed by atoms with Crippen molar-refractivity contribution in [2.75, 3.05) is 0 Å². The minimum atomic E-state index is -0.541. The molecule has 0 aromatic carbocycles. The van der Waals surface area contributed by atoms with Crippen molar-refractivity contribution in [1.82, 2.24) is 0 Å². The topological polar surface area (TPSA) is 40.5 Å². The van der Waals surface area contributed by atoms with Gasteiger partial charge in [-0.15, -0.1) is 0 Å². The van der Waals surface area contributed by atoms with Crippen LogP contribution in [0.3, 0.4) is 0 Å². The predicted molar refractivity (Wildman–Crippen MR) is 102 cm³/mol. The zero-order valence-electron chi connectivity index (χ0n) is 17.1. The predicted octanol–water partition coefficient (Wildman–Crippen LogP) is 5.17. The van der Waals surface area contributed by atoms with E-state index >= 15 is 0 Å². The first-order chi connectivity index (χ1) is 11.5. The molecule has 0 aliphatic heterocycles. The van der Waals surface area contributed by atoms with Crippen LogP contribution in [0.5, 0.6) is 0 Å². The van der Waals surface area contributed by atoms with Gasteiger partial charge in [-0.3, -0.25) is 0 Å². The number of rotatable bonds is 1. The van der Waals surface area contributed by atoms with Crippen LogP contribution in [-0.4, -0.2) is 21.4 Å². The molecule has 0 aromatic heterocycles. The Hall–Kier alpha value is -0.0800. The third-order valence-electron chi connectivity index (χ3n) is 9.81. The highest BCUT2D eigenvalue weighted by Crippen LogP contribution is 2.68. The first kappa shape index (κ1) is 18.3. The lowest BCUT2D eigenvalue weighted by Gasteiger charge is -2.62. The number of hydrogen-bond donors (Lipinski definition) is 2. The fraction of sp³-hybridized carbons (Fsp3) is 1.00. The summed E-state index contributed by atoms with van der Waals surface area (Å²) in [6, 6.07) is 0. The lowest BCUT2D eigenvalue weighted by atomic mass is 9.43. The maximum atomic E-state index is 10.8. The molecule has 25 heavy (non-hydrogen) atoms. The van der Waals surface area contributed by atoms with Crippen molar-refractivity contribution in [1.29, 1.82) is 0 Å². The first-order valence-corrected chi connectivity index (χ1v) is 10.9. The molecule has 144 valence electrons. The number of aliphatic hydroxyl groups is 2. The maximum absolute atomic E-state index is 10.8. The third-order valence-corrected chi connectivity index (χ3v) is 9.81. The Balaban J connectivity index is 1.60. The molecule has 4 aliphatic carbocycles. The summed E-state index contributed by atoms with van der Waals surface area (Å²) in [4.78, 5) is 0. The van der Waals surface area contributed by atoms with Crippen LogP contribution >= 0.6 is 0 Å². The fourth-order valence-corrected chi connectivity index (χ4v) is 8.59. The fourth-order valence-electron chi connectivity index (χ4n) is 8.59. The molecule has 4 aliphatic rings. The van der Waals surface area contributed by atoms with Crippen LogP contribution in [-0.2, 0) is 0 Å². The van der Waals surface area contributed by atoms with Crippen LogP contribution in [0.25, 0.3) is 0 Å². The molecule has 4 rings (SSSR count). The van der Waals surface area contributed by atoms with Crippen molar-refractivity contribution in [3.05, 3.63) is 0 Å². The van der Waals surface area contributed by atoms with Gasteiger partial charge >= 0.3 is 0 Å². The van der Waals surface area contributed by atoms with Gasteiger partial charge < -0.3 is 10.2 Å². The second-order valence-electron chi connectivity index (χ2n) is 11.7. The van der Waals surface area contributed by atoms with Crippen molar-refractivity contribution < 1.29 is 10.2 Å². The average molecular weight is 349 g/mol. The smallest absolute Gasteiger partial charge is 0.0625 e. The van der Waals surface area contributed by atoms with E-state index in [9.17, 15) is 10.2 Å². The third kappa shape index (κ3) is 2.64. The van der Waals surface area contributed by atoms with Crippen LogP contribution in [0.4, 0.5) is 0 Å². The van der Waals surface area contributed by atoms with Gasteiger partial charge in [-0.05, 0) is 119 Å². The van der Waals surface area contributed by atoms with Crippen LogP contribution in [0.15, 0.2) is 0 Å². The van der Waals surface area contributed by atoms with E-state index in [-0.39, 0.29) is 0 Å². The molecule has 0 unspecified atom stereocenters. The number of hydrogen-bond acceptors (Lipinski definition) is 2. The van der Waals surface area contributed by atoms with Gasteiger partial charge in [0, 0.05) is 0 Å². The molecule has 0 saturated heterocycles. The van der Waals surface area contributed by atoms with Crippen molar-refractivity contribution in [3.63, 3.8) is 0 Å². The molecule has 0 heterocycles. The molecule has 8 atom stereocenters. The zero-order chi connectivity index (χ0) is 18.3. The molecular formula is C23H40O2. The van der Waals surface area contributed by atoms with Crippen molar-refractivity contribution in [2.24, 2.45) is 40.4 Å². The molecule has 2 N–H and O–H groups in total. The standard InChI is InChI=1S/C23H40O2/c1-20(2,24)19-9-8-17-16-7-6-15-14-21(3,25)12-13-22(15,4)18(16)10-11-23(17,19)5/h15-19,24-25H,6-14H2,1-5H3/t15-,16-,17-,18-,19+,21+,22-,23-/m0/s1. The van der Waals surface area contributed by atoms with Crippen molar-refractivity contribution in [2.45, 2.75) is 104 Å². The summed E-state index contributed by atoms with van der Waals surface area (Å²) < 4.78 is 0. The van der Waals surface area contributed by atoms with Gasteiger partial charge in [-0.2, -0.15) is 0 Å². The zero-order valence-corrected chi connectivity index (χ0v) is 17.1. The van der Waals surface area contributed by atoms with E-state index < -0.39 is 11.2 Å². The first-order valence-electron chi connectivity index (χ1n) is 10.9. The second kappa shape index (κ2) is 5.47. The Labute approximate surface area is 154 Å².